The molecule has 6 nitrogen and oxygen atoms in total. The van der Waals surface area contributed by atoms with Gasteiger partial charge in [0.1, 0.15) is 5.25 Å². The van der Waals surface area contributed by atoms with E-state index in [0.29, 0.717) is 22.5 Å². The van der Waals surface area contributed by atoms with Crippen LogP contribution in [-0.4, -0.2) is 23.8 Å². The molecule has 3 rings (SSSR count). The molecule has 1 aromatic carbocycles. The average Bonchev–Trinajstić information content (AvgIpc) is 3.00. The molecule has 0 amide bonds. The van der Waals surface area contributed by atoms with Gasteiger partial charge in [0, 0.05) is 37.1 Å². The van der Waals surface area contributed by atoms with E-state index in [-0.39, 0.29) is 12.2 Å². The average molecular weight is 383 g/mol. The van der Waals surface area contributed by atoms with E-state index in [2.05, 4.69) is 4.98 Å². The number of pyridine rings is 1. The van der Waals surface area contributed by atoms with Gasteiger partial charge in [0.2, 0.25) is 15.8 Å². The van der Waals surface area contributed by atoms with Crippen molar-refractivity contribution in [2.24, 2.45) is 12.2 Å². The van der Waals surface area contributed by atoms with Gasteiger partial charge in [-0.3, -0.25) is 9.78 Å². The summed E-state index contributed by atoms with van der Waals surface area (Å²) in [6, 6.07) is 14.2. The van der Waals surface area contributed by atoms with Crippen molar-refractivity contribution in [1.29, 1.82) is 0 Å². The van der Waals surface area contributed by atoms with Crippen LogP contribution in [0.2, 0.25) is 0 Å². The lowest BCUT2D eigenvalue weighted by molar-refractivity contribution is 0.103. The number of aryl methyl sites for hydroxylation is 1. The SMILES string of the molecule is Cc1ccc(C(=O)c2ccc(CC(c3cccnc3)S(N)(=O)=O)n2C)cc1. The molecule has 0 aliphatic carbocycles. The molecule has 2 heterocycles. The minimum absolute atomic E-state index is 0.114. The highest BCUT2D eigenvalue weighted by molar-refractivity contribution is 7.89. The van der Waals surface area contributed by atoms with Crippen molar-refractivity contribution in [3.63, 3.8) is 0 Å². The van der Waals surface area contributed by atoms with Crippen LogP contribution in [0.5, 0.6) is 0 Å². The number of rotatable bonds is 6. The number of ketones is 1. The highest BCUT2D eigenvalue weighted by atomic mass is 32.2. The number of carbonyl (C=O) groups is 1. The minimum atomic E-state index is -3.84. The largest absolute Gasteiger partial charge is 0.345 e. The number of nitrogens with two attached hydrogens (primary N) is 1. The molecule has 27 heavy (non-hydrogen) atoms. The Morgan fingerprint density at radius 2 is 1.85 bits per heavy atom. The van der Waals surface area contributed by atoms with Gasteiger partial charge in [-0.15, -0.1) is 0 Å². The predicted molar refractivity (Wildman–Crippen MR) is 104 cm³/mol. The van der Waals surface area contributed by atoms with Crippen molar-refractivity contribution in [3.8, 4) is 0 Å². The Morgan fingerprint density at radius 3 is 2.44 bits per heavy atom. The van der Waals surface area contributed by atoms with Crippen molar-refractivity contribution in [1.82, 2.24) is 9.55 Å². The first kappa shape index (κ1) is 19.0. The standard InChI is InChI=1S/C20H21N3O3S/c1-14-5-7-15(8-6-14)20(24)18-10-9-17(23(18)2)12-19(27(21,25)26)16-4-3-11-22-13-16/h3-11,13,19H,12H2,1-2H3,(H2,21,25,26). The van der Waals surface area contributed by atoms with E-state index in [4.69, 9.17) is 5.14 Å². The fourth-order valence-corrected chi connectivity index (χ4v) is 3.94. The number of carbonyl (C=O) groups excluding carboxylic acids is 1. The van der Waals surface area contributed by atoms with Crippen LogP contribution in [-0.2, 0) is 23.5 Å². The quantitative estimate of drug-likeness (QED) is 0.662. The van der Waals surface area contributed by atoms with Crippen molar-refractivity contribution in [2.75, 3.05) is 0 Å². The number of nitrogens with zero attached hydrogens (tertiary/aromatic N) is 2. The molecule has 0 saturated carbocycles. The maximum Gasteiger partial charge on any atom is 0.216 e. The van der Waals surface area contributed by atoms with Crippen LogP contribution < -0.4 is 5.14 Å². The Hall–Kier alpha value is -2.77. The third-order valence-corrected chi connectivity index (χ3v) is 5.85. The first-order chi connectivity index (χ1) is 12.8. The first-order valence-electron chi connectivity index (χ1n) is 8.45. The van der Waals surface area contributed by atoms with Crippen LogP contribution in [0.1, 0.15) is 38.1 Å². The molecule has 2 aromatic heterocycles. The van der Waals surface area contributed by atoms with E-state index >= 15 is 0 Å². The molecule has 1 unspecified atom stereocenters. The molecule has 3 aromatic rings. The van der Waals surface area contributed by atoms with E-state index in [9.17, 15) is 13.2 Å². The molecule has 0 bridgehead atoms. The summed E-state index contributed by atoms with van der Waals surface area (Å²) in [5.41, 5.74) is 3.38. The van der Waals surface area contributed by atoms with Crippen LogP contribution in [0.15, 0.2) is 60.9 Å². The second-order valence-corrected chi connectivity index (χ2v) is 8.28. The molecular weight excluding hydrogens is 362 g/mol. The summed E-state index contributed by atoms with van der Waals surface area (Å²) in [7, 11) is -2.09. The Balaban J connectivity index is 1.92. The van der Waals surface area contributed by atoms with Gasteiger partial charge in [0.25, 0.3) is 0 Å². The van der Waals surface area contributed by atoms with Gasteiger partial charge >= 0.3 is 0 Å². The summed E-state index contributed by atoms with van der Waals surface area (Å²) in [5.74, 6) is -0.114. The van der Waals surface area contributed by atoms with Gasteiger partial charge in [-0.05, 0) is 30.7 Å². The smallest absolute Gasteiger partial charge is 0.216 e. The zero-order valence-corrected chi connectivity index (χ0v) is 16.0. The van der Waals surface area contributed by atoms with E-state index in [0.717, 1.165) is 5.56 Å². The molecule has 0 aliphatic heterocycles. The third kappa shape index (κ3) is 4.15. The minimum Gasteiger partial charge on any atom is -0.345 e. The number of aromatic nitrogens is 2. The Bertz CT molecular complexity index is 1060. The highest BCUT2D eigenvalue weighted by Gasteiger charge is 2.26. The number of benzene rings is 1. The fraction of sp³-hybridized carbons (Fsp3) is 0.200. The van der Waals surface area contributed by atoms with Crippen molar-refractivity contribution < 1.29 is 13.2 Å². The monoisotopic (exact) mass is 383 g/mol. The van der Waals surface area contributed by atoms with E-state index in [1.165, 1.54) is 6.20 Å². The van der Waals surface area contributed by atoms with E-state index in [1.54, 1.807) is 54.2 Å². The van der Waals surface area contributed by atoms with Crippen LogP contribution in [0.4, 0.5) is 0 Å². The zero-order valence-electron chi connectivity index (χ0n) is 15.2. The maximum atomic E-state index is 12.8. The lowest BCUT2D eigenvalue weighted by Gasteiger charge is -2.16. The summed E-state index contributed by atoms with van der Waals surface area (Å²) < 4.78 is 25.9. The van der Waals surface area contributed by atoms with Crippen molar-refractivity contribution in [3.05, 3.63) is 89.0 Å². The Labute approximate surface area is 158 Å². The molecule has 140 valence electrons. The third-order valence-electron chi connectivity index (χ3n) is 4.62. The summed E-state index contributed by atoms with van der Waals surface area (Å²) in [6.45, 7) is 1.96. The van der Waals surface area contributed by atoms with Crippen LogP contribution in [0.25, 0.3) is 0 Å². The molecule has 0 aliphatic rings. The summed E-state index contributed by atoms with van der Waals surface area (Å²) in [6.07, 6.45) is 3.23. The molecule has 2 N–H and O–H groups in total. The van der Waals surface area contributed by atoms with Crippen LogP contribution in [0, 0.1) is 6.92 Å². The summed E-state index contributed by atoms with van der Waals surface area (Å²) >= 11 is 0. The number of primary sulfonamides is 1. The number of hydrogen-bond acceptors (Lipinski definition) is 4. The molecule has 0 spiro atoms. The van der Waals surface area contributed by atoms with Crippen LogP contribution >= 0.6 is 0 Å². The summed E-state index contributed by atoms with van der Waals surface area (Å²) in [4.78, 5) is 16.8. The highest BCUT2D eigenvalue weighted by Crippen LogP contribution is 2.25. The first-order valence-corrected chi connectivity index (χ1v) is 10.1. The fourth-order valence-electron chi connectivity index (χ4n) is 3.02. The van der Waals surface area contributed by atoms with Crippen LogP contribution in [0.3, 0.4) is 0 Å². The van der Waals surface area contributed by atoms with Crippen molar-refractivity contribution in [2.45, 2.75) is 18.6 Å². The number of sulfonamides is 1. The van der Waals surface area contributed by atoms with E-state index < -0.39 is 15.3 Å². The Kier molecular flexibility index (Phi) is 5.25. The van der Waals surface area contributed by atoms with Gasteiger partial charge < -0.3 is 4.57 Å². The zero-order chi connectivity index (χ0) is 19.6. The normalized spacial score (nSPS) is 12.7. The second-order valence-electron chi connectivity index (χ2n) is 6.53. The topological polar surface area (TPSA) is 95.1 Å². The molecule has 1 atom stereocenters. The Morgan fingerprint density at radius 1 is 1.15 bits per heavy atom. The van der Waals surface area contributed by atoms with E-state index in [1.807, 2.05) is 19.1 Å². The van der Waals surface area contributed by atoms with Gasteiger partial charge in [-0.25, -0.2) is 13.6 Å². The molecule has 0 fully saturated rings. The molecule has 7 heteroatoms. The number of hydrogen-bond donors (Lipinski definition) is 1. The second kappa shape index (κ2) is 7.46. The lowest BCUT2D eigenvalue weighted by Crippen LogP contribution is -2.24. The molecule has 0 radical (unpaired) electrons. The van der Waals surface area contributed by atoms with Gasteiger partial charge in [0.15, 0.2) is 0 Å². The van der Waals surface area contributed by atoms with Gasteiger partial charge in [-0.1, -0.05) is 35.9 Å². The van der Waals surface area contributed by atoms with Gasteiger partial charge in [0.05, 0.1) is 5.69 Å². The molecular formula is C20H21N3O3S. The lowest BCUT2D eigenvalue weighted by atomic mass is 10.1. The predicted octanol–water partition coefficient (Wildman–Crippen LogP) is 2.53. The van der Waals surface area contributed by atoms with Gasteiger partial charge in [-0.2, -0.15) is 0 Å². The molecule has 0 saturated heterocycles. The van der Waals surface area contributed by atoms with Crippen molar-refractivity contribution >= 4 is 15.8 Å². The maximum absolute atomic E-state index is 12.8. The summed E-state index contributed by atoms with van der Waals surface area (Å²) in [5, 5.41) is 4.52.